The van der Waals surface area contributed by atoms with Gasteiger partial charge in [0, 0.05) is 0 Å². The van der Waals surface area contributed by atoms with E-state index in [1.54, 1.807) is 0 Å². The van der Waals surface area contributed by atoms with Gasteiger partial charge >= 0.3 is 61.0 Å². The molecule has 0 unspecified atom stereocenters. The second kappa shape index (κ2) is 6.65. The molecule has 7 heavy (non-hydrogen) atoms. The van der Waals surface area contributed by atoms with E-state index in [0.717, 1.165) is 0 Å². The van der Waals surface area contributed by atoms with E-state index in [9.17, 15) is 0 Å². The van der Waals surface area contributed by atoms with Crippen LogP contribution in [0.4, 0.5) is 0 Å². The van der Waals surface area contributed by atoms with Gasteiger partial charge in [-0.05, 0) is 0 Å². The van der Waals surface area contributed by atoms with Crippen molar-refractivity contribution < 1.29 is 18.8 Å². The van der Waals surface area contributed by atoms with Crippen molar-refractivity contribution in [1.29, 1.82) is 0 Å². The molecule has 0 heterocycles. The molecular weight excluding hydrogens is 535 g/mol. The van der Waals surface area contributed by atoms with Crippen molar-refractivity contribution in [1.82, 2.24) is 0 Å². The van der Waals surface area contributed by atoms with Crippen LogP contribution in [0.15, 0.2) is 0 Å². The molecule has 2 nitrogen and oxygen atoms in total. The van der Waals surface area contributed by atoms with Gasteiger partial charge in [0.25, 0.3) is 0 Å². The monoisotopic (exact) mass is 536 g/mol. The summed E-state index contributed by atoms with van der Waals surface area (Å²) < 4.78 is 0. The Morgan fingerprint density at radius 3 is 0.714 bits per heavy atom. The number of rotatable bonds is 0. The molecule has 7 heteroatoms. The van der Waals surface area contributed by atoms with E-state index in [1.807, 2.05) is 0 Å². The van der Waals surface area contributed by atoms with E-state index in [-0.39, 0.29) is 11.0 Å². The molecular formula is H4Br4O2W. The van der Waals surface area contributed by atoms with Crippen LogP contribution in [-0.2, 0) is 7.84 Å². The zero-order valence-corrected chi connectivity index (χ0v) is 12.2. The summed E-state index contributed by atoms with van der Waals surface area (Å²) in [7, 11) is -1.92. The molecule has 0 saturated heterocycles. The molecule has 0 aromatic carbocycles. The second-order valence-electron chi connectivity index (χ2n) is 0.350. The fourth-order valence-electron chi connectivity index (χ4n) is 0. The third-order valence-electron chi connectivity index (χ3n) is 0. The van der Waals surface area contributed by atoms with E-state index >= 15 is 0 Å². The van der Waals surface area contributed by atoms with Gasteiger partial charge in [0.15, 0.2) is 0 Å². The topological polar surface area (TPSA) is 63.0 Å². The van der Waals surface area contributed by atoms with Crippen molar-refractivity contribution in [3.8, 4) is 0 Å². The van der Waals surface area contributed by atoms with Gasteiger partial charge in [-0.15, -0.1) is 0 Å². The summed E-state index contributed by atoms with van der Waals surface area (Å²) >= 11 is 13.3. The van der Waals surface area contributed by atoms with Crippen LogP contribution in [0.25, 0.3) is 0 Å². The molecule has 0 aliphatic rings. The van der Waals surface area contributed by atoms with Crippen LogP contribution in [0.2, 0.25) is 0 Å². The van der Waals surface area contributed by atoms with Crippen LogP contribution in [0.5, 0.6) is 0 Å². The van der Waals surface area contributed by atoms with E-state index in [2.05, 4.69) is 53.2 Å². The molecule has 0 bridgehead atoms. The maximum absolute atomic E-state index is 3.33. The van der Waals surface area contributed by atoms with E-state index in [0.29, 0.717) is 0 Å². The minimum atomic E-state index is -1.92. The summed E-state index contributed by atoms with van der Waals surface area (Å²) in [6, 6.07) is 0. The van der Waals surface area contributed by atoms with Crippen LogP contribution in [0, 0.1) is 0 Å². The number of halogens is 4. The summed E-state index contributed by atoms with van der Waals surface area (Å²) in [5, 5.41) is 0. The molecule has 0 fully saturated rings. The van der Waals surface area contributed by atoms with Crippen LogP contribution in [0.1, 0.15) is 0 Å². The van der Waals surface area contributed by atoms with Crippen LogP contribution < -0.4 is 0 Å². The predicted molar refractivity (Wildman–Crippen MR) is 42.9 cm³/mol. The average Bonchev–Trinajstić information content (AvgIpc) is 0.722. The van der Waals surface area contributed by atoms with Gasteiger partial charge in [-0.2, -0.15) is 0 Å². The third kappa shape index (κ3) is 56.9. The SMILES string of the molecule is O.O.[Br][W]([Br])([Br])[Br]. The molecule has 0 aliphatic heterocycles. The Bertz CT molecular complexity index is 25.2. The standard InChI is InChI=1S/4BrH.2H2O.W/h4*1H;2*1H2;/q;;;;;;+4/p-4. The molecule has 0 spiro atoms. The van der Waals surface area contributed by atoms with Crippen molar-refractivity contribution in [3.05, 3.63) is 0 Å². The van der Waals surface area contributed by atoms with Gasteiger partial charge < -0.3 is 11.0 Å². The second-order valence-corrected chi connectivity index (χ2v) is 77.3. The predicted octanol–water partition coefficient (Wildman–Crippen LogP) is 1.73. The molecule has 0 saturated carbocycles. The molecule has 4 N–H and O–H groups in total. The quantitative estimate of drug-likeness (QED) is 0.451. The van der Waals surface area contributed by atoms with Crippen molar-refractivity contribution in [2.75, 3.05) is 0 Å². The summed E-state index contributed by atoms with van der Waals surface area (Å²) in [5.41, 5.74) is 0. The first-order valence-electron chi connectivity index (χ1n) is 0.617. The van der Waals surface area contributed by atoms with E-state index < -0.39 is 7.84 Å². The summed E-state index contributed by atoms with van der Waals surface area (Å²) in [4.78, 5) is 0. The Balaban J connectivity index is -0.0000000800. The Kier molecular flexibility index (Phi) is 15.4. The Hall–Kier alpha value is 2.53. The molecule has 0 aliphatic carbocycles. The van der Waals surface area contributed by atoms with Gasteiger partial charge in [0.1, 0.15) is 0 Å². The summed E-state index contributed by atoms with van der Waals surface area (Å²) in [5.74, 6) is 0. The molecule has 0 aromatic heterocycles. The van der Waals surface area contributed by atoms with Crippen molar-refractivity contribution in [2.24, 2.45) is 0 Å². The normalized spacial score (nSPS) is 10.9. The molecule has 50 valence electrons. The molecule has 0 radical (unpaired) electrons. The first-order chi connectivity index (χ1) is 2.00. The zero-order chi connectivity index (χ0) is 4.50. The third-order valence-corrected chi connectivity index (χ3v) is 0. The zero-order valence-electron chi connectivity index (χ0n) is 2.92. The fraction of sp³-hybridized carbons (Fsp3) is 0. The van der Waals surface area contributed by atoms with Crippen molar-refractivity contribution in [2.45, 2.75) is 0 Å². The van der Waals surface area contributed by atoms with Crippen LogP contribution >= 0.6 is 53.2 Å². The van der Waals surface area contributed by atoms with Gasteiger partial charge in [-0.3, -0.25) is 0 Å². The van der Waals surface area contributed by atoms with Crippen molar-refractivity contribution >= 4 is 53.2 Å². The van der Waals surface area contributed by atoms with Crippen molar-refractivity contribution in [3.63, 3.8) is 0 Å². The van der Waals surface area contributed by atoms with Crippen LogP contribution in [0.3, 0.4) is 0 Å². The maximum atomic E-state index is 3.33. The van der Waals surface area contributed by atoms with E-state index in [4.69, 9.17) is 0 Å². The minimum absolute atomic E-state index is 0. The van der Waals surface area contributed by atoms with Gasteiger partial charge in [-0.25, -0.2) is 0 Å². The van der Waals surface area contributed by atoms with Gasteiger partial charge in [0.2, 0.25) is 0 Å². The molecule has 0 aromatic rings. The van der Waals surface area contributed by atoms with E-state index in [1.165, 1.54) is 0 Å². The number of hydrogen-bond donors (Lipinski definition) is 0. The van der Waals surface area contributed by atoms with Crippen LogP contribution in [-0.4, -0.2) is 11.0 Å². The molecule has 0 amide bonds. The number of hydrogen-bond acceptors (Lipinski definition) is 0. The summed E-state index contributed by atoms with van der Waals surface area (Å²) in [6.07, 6.45) is 0. The first-order valence-corrected chi connectivity index (χ1v) is 26.3. The molecule has 0 rings (SSSR count). The molecule has 0 atom stereocenters. The fourth-order valence-corrected chi connectivity index (χ4v) is 0. The Labute approximate surface area is 70.8 Å². The Morgan fingerprint density at radius 1 is 0.714 bits per heavy atom. The van der Waals surface area contributed by atoms with Gasteiger partial charge in [-0.1, -0.05) is 0 Å². The Morgan fingerprint density at radius 2 is 0.714 bits per heavy atom. The average molecular weight is 539 g/mol. The first kappa shape index (κ1) is 16.3. The van der Waals surface area contributed by atoms with Gasteiger partial charge in [0.05, 0.1) is 0 Å². The summed E-state index contributed by atoms with van der Waals surface area (Å²) in [6.45, 7) is 0.